The fourth-order valence-corrected chi connectivity index (χ4v) is 5.46. The molecule has 29 heavy (non-hydrogen) atoms. The number of unbranched alkanes of at least 4 members (excludes halogenated alkanes) is 20. The summed E-state index contributed by atoms with van der Waals surface area (Å²) < 4.78 is 0. The molecule has 0 rings (SSSR count). The van der Waals surface area contributed by atoms with E-state index in [1.54, 1.807) is 0 Å². The van der Waals surface area contributed by atoms with E-state index in [0.717, 1.165) is 18.9 Å². The zero-order valence-corrected chi connectivity index (χ0v) is 21.6. The van der Waals surface area contributed by atoms with E-state index in [2.05, 4.69) is 0 Å². The van der Waals surface area contributed by atoms with Gasteiger partial charge in [0.05, 0.1) is 0 Å². The predicted octanol–water partition coefficient (Wildman–Crippen LogP) is 9.35. The van der Waals surface area contributed by atoms with Gasteiger partial charge in [-0.15, -0.1) is 0 Å². The molecule has 0 fully saturated rings. The Balaban J connectivity index is 3.01. The van der Waals surface area contributed by atoms with Gasteiger partial charge in [-0.05, 0) is 12.5 Å². The molecular weight excluding hydrogens is 419 g/mol. The molecule has 0 aliphatic heterocycles. The molecule has 174 valence electrons. The van der Waals surface area contributed by atoms with Crippen molar-refractivity contribution in [3.05, 3.63) is 0 Å². The summed E-state index contributed by atoms with van der Waals surface area (Å²) in [7, 11) is -1.34. The molecule has 5 heteroatoms. The van der Waals surface area contributed by atoms with Gasteiger partial charge in [0.25, 0.3) is 0 Å². The highest BCUT2D eigenvalue weighted by molar-refractivity contribution is 7.33. The van der Waals surface area contributed by atoms with Crippen molar-refractivity contribution in [3.63, 3.8) is 0 Å². The Morgan fingerprint density at radius 2 is 0.724 bits per heavy atom. The lowest BCUT2D eigenvalue weighted by atomic mass is 10.0. The van der Waals surface area contributed by atoms with E-state index in [-0.39, 0.29) is 0 Å². The number of hydrogen-bond acceptors (Lipinski definition) is 1. The standard InChI is InChI=1S/C24H48Cl2O2Si/c25-29(26)23-21-19-17-15-13-11-9-7-5-3-1-2-4-6-8-10-12-14-16-18-20-22-24(27)28/h29H,1-23H2,(H,27,28). The van der Waals surface area contributed by atoms with Crippen LogP contribution in [0.15, 0.2) is 0 Å². The van der Waals surface area contributed by atoms with Gasteiger partial charge in [-0.25, -0.2) is 0 Å². The topological polar surface area (TPSA) is 37.3 Å². The average Bonchev–Trinajstić information content (AvgIpc) is 2.68. The van der Waals surface area contributed by atoms with Crippen LogP contribution in [0.4, 0.5) is 0 Å². The second-order valence-corrected chi connectivity index (χ2v) is 13.9. The van der Waals surface area contributed by atoms with Gasteiger partial charge in [0.15, 0.2) is 0 Å². The van der Waals surface area contributed by atoms with E-state index >= 15 is 0 Å². The summed E-state index contributed by atoms with van der Waals surface area (Å²) in [5, 5.41) is 8.59. The molecule has 0 aromatic carbocycles. The van der Waals surface area contributed by atoms with Gasteiger partial charge in [0.1, 0.15) is 0 Å². The molecule has 0 saturated heterocycles. The number of aliphatic carboxylic acids is 1. The highest BCUT2D eigenvalue weighted by atomic mass is 35.7. The van der Waals surface area contributed by atoms with Crippen molar-refractivity contribution in [2.45, 2.75) is 147 Å². The molecule has 0 saturated carbocycles. The van der Waals surface area contributed by atoms with Crippen LogP contribution in [0.3, 0.4) is 0 Å². The summed E-state index contributed by atoms with van der Waals surface area (Å²) in [5.74, 6) is -0.655. The summed E-state index contributed by atoms with van der Waals surface area (Å²) in [6, 6.07) is 1.08. The van der Waals surface area contributed by atoms with E-state index in [9.17, 15) is 4.79 Å². The molecule has 0 aromatic heterocycles. The molecule has 0 bridgehead atoms. The van der Waals surface area contributed by atoms with Crippen molar-refractivity contribution in [1.29, 1.82) is 0 Å². The van der Waals surface area contributed by atoms with Gasteiger partial charge in [0, 0.05) is 6.42 Å². The van der Waals surface area contributed by atoms with Crippen LogP contribution in [0, 0.1) is 0 Å². The van der Waals surface area contributed by atoms with Crippen molar-refractivity contribution in [2.24, 2.45) is 0 Å². The van der Waals surface area contributed by atoms with E-state index in [4.69, 9.17) is 27.3 Å². The van der Waals surface area contributed by atoms with Gasteiger partial charge in [0.2, 0.25) is 7.42 Å². The van der Waals surface area contributed by atoms with E-state index < -0.39 is 13.4 Å². The number of carboxylic acid groups (broad SMARTS) is 1. The van der Waals surface area contributed by atoms with Crippen LogP contribution >= 0.6 is 22.2 Å². The van der Waals surface area contributed by atoms with Crippen molar-refractivity contribution >= 4 is 35.5 Å². The number of rotatable bonds is 24. The zero-order valence-electron chi connectivity index (χ0n) is 19.0. The van der Waals surface area contributed by atoms with Gasteiger partial charge < -0.3 is 5.11 Å². The minimum atomic E-state index is -1.34. The van der Waals surface area contributed by atoms with Gasteiger partial charge >= 0.3 is 5.97 Å². The van der Waals surface area contributed by atoms with Gasteiger partial charge in [-0.2, -0.15) is 22.2 Å². The minimum Gasteiger partial charge on any atom is -0.481 e. The molecule has 2 nitrogen and oxygen atoms in total. The van der Waals surface area contributed by atoms with Crippen LogP contribution in [-0.2, 0) is 4.79 Å². The molecule has 1 N–H and O–H groups in total. The van der Waals surface area contributed by atoms with Gasteiger partial charge in [-0.3, -0.25) is 4.79 Å². The Labute approximate surface area is 192 Å². The van der Waals surface area contributed by atoms with Crippen molar-refractivity contribution < 1.29 is 9.90 Å². The smallest absolute Gasteiger partial charge is 0.303 e. The third kappa shape index (κ3) is 28.3. The second kappa shape index (κ2) is 24.5. The molecule has 0 aliphatic rings. The molecule has 0 radical (unpaired) electrons. The summed E-state index contributed by atoms with van der Waals surface area (Å²) in [5.41, 5.74) is 0. The van der Waals surface area contributed by atoms with E-state index in [0.29, 0.717) is 6.42 Å². The number of hydrogen-bond donors (Lipinski definition) is 1. The molecular formula is C24H48Cl2O2Si. The predicted molar refractivity (Wildman–Crippen MR) is 133 cm³/mol. The number of carboxylic acids is 1. The molecule has 0 aromatic rings. The monoisotopic (exact) mass is 466 g/mol. The summed E-state index contributed by atoms with van der Waals surface area (Å²) in [6.45, 7) is 0. The molecule has 0 spiro atoms. The van der Waals surface area contributed by atoms with Crippen molar-refractivity contribution in [3.8, 4) is 0 Å². The molecule has 0 atom stereocenters. The quantitative estimate of drug-likeness (QED) is 0.0872. The maximum atomic E-state index is 10.4. The Morgan fingerprint density at radius 3 is 0.966 bits per heavy atom. The first-order chi connectivity index (χ1) is 14.1. The first-order valence-electron chi connectivity index (χ1n) is 12.6. The zero-order chi connectivity index (χ0) is 21.4. The fraction of sp³-hybridized carbons (Fsp3) is 0.958. The third-order valence-electron chi connectivity index (χ3n) is 5.81. The maximum absolute atomic E-state index is 10.4. The van der Waals surface area contributed by atoms with Crippen LogP contribution in [0.25, 0.3) is 0 Å². The average molecular weight is 468 g/mol. The maximum Gasteiger partial charge on any atom is 0.303 e. The molecule has 0 heterocycles. The fourth-order valence-electron chi connectivity index (χ4n) is 3.93. The number of halogens is 2. The second-order valence-electron chi connectivity index (χ2n) is 8.75. The first kappa shape index (κ1) is 29.3. The lowest BCUT2D eigenvalue weighted by Crippen LogP contribution is -1.93. The normalized spacial score (nSPS) is 11.4. The number of carbonyl (C=O) groups is 1. The molecule has 0 amide bonds. The van der Waals surface area contributed by atoms with Crippen LogP contribution in [-0.4, -0.2) is 18.5 Å². The third-order valence-corrected chi connectivity index (χ3v) is 7.97. The van der Waals surface area contributed by atoms with Crippen molar-refractivity contribution in [2.75, 3.05) is 0 Å². The van der Waals surface area contributed by atoms with Crippen LogP contribution < -0.4 is 0 Å². The van der Waals surface area contributed by atoms with Crippen LogP contribution in [0.2, 0.25) is 6.04 Å². The summed E-state index contributed by atoms with van der Waals surface area (Å²) in [4.78, 5) is 10.4. The summed E-state index contributed by atoms with van der Waals surface area (Å²) >= 11 is 11.7. The van der Waals surface area contributed by atoms with E-state index in [1.165, 1.54) is 122 Å². The Hall–Kier alpha value is 0.267. The molecule has 0 unspecified atom stereocenters. The highest BCUT2D eigenvalue weighted by Gasteiger charge is 2.01. The lowest BCUT2D eigenvalue weighted by Gasteiger charge is -2.04. The van der Waals surface area contributed by atoms with E-state index in [1.807, 2.05) is 0 Å². The SMILES string of the molecule is O=C(O)CCCCCCCCCCCCCCCCCCCCCCC[SiH](Cl)Cl. The Kier molecular flexibility index (Phi) is 24.8. The van der Waals surface area contributed by atoms with Gasteiger partial charge in [-0.1, -0.05) is 128 Å². The minimum absolute atomic E-state index is 0.340. The van der Waals surface area contributed by atoms with Crippen LogP contribution in [0.1, 0.15) is 141 Å². The Morgan fingerprint density at radius 1 is 0.483 bits per heavy atom. The summed E-state index contributed by atoms with van der Waals surface area (Å²) in [6.07, 6.45) is 28.3. The van der Waals surface area contributed by atoms with Crippen LogP contribution in [0.5, 0.6) is 0 Å². The highest BCUT2D eigenvalue weighted by Crippen LogP contribution is 2.16. The largest absolute Gasteiger partial charge is 0.481 e. The lowest BCUT2D eigenvalue weighted by molar-refractivity contribution is -0.137. The Bertz CT molecular complexity index is 341. The first-order valence-corrected chi connectivity index (χ1v) is 16.9. The molecule has 0 aliphatic carbocycles. The van der Waals surface area contributed by atoms with Crippen molar-refractivity contribution in [1.82, 2.24) is 0 Å².